The lowest BCUT2D eigenvalue weighted by atomic mass is 9.67. The van der Waals surface area contributed by atoms with Gasteiger partial charge in [-0.1, -0.05) is 0 Å². The number of ketones is 2. The van der Waals surface area contributed by atoms with Gasteiger partial charge in [0.1, 0.15) is 18.5 Å². The third kappa shape index (κ3) is 6.88. The van der Waals surface area contributed by atoms with E-state index in [-0.39, 0.29) is 0 Å². The zero-order valence-corrected chi connectivity index (χ0v) is 35.4. The molecule has 4 aromatic carbocycles. The van der Waals surface area contributed by atoms with Gasteiger partial charge in [0.15, 0.2) is 75.3 Å². The van der Waals surface area contributed by atoms with Crippen LogP contribution in [0.25, 0.3) is 11.1 Å². The second-order valence-electron chi connectivity index (χ2n) is 16.5. The molecule has 13 N–H and O–H groups in total. The fourth-order valence-corrected chi connectivity index (χ4v) is 8.90. The summed E-state index contributed by atoms with van der Waals surface area (Å²) in [4.78, 5) is 98.4. The Morgan fingerprint density at radius 1 is 0.634 bits per heavy atom. The van der Waals surface area contributed by atoms with Crippen molar-refractivity contribution in [3.63, 3.8) is 0 Å². The molecular weight excluding hydrogens is 960 g/mol. The lowest BCUT2D eigenvalue weighted by Crippen LogP contribution is -2.67. The van der Waals surface area contributed by atoms with E-state index >= 15 is 0 Å². The van der Waals surface area contributed by atoms with Crippen LogP contribution in [0.3, 0.4) is 0 Å². The normalized spacial score (nSPS) is 26.4. The Labute approximate surface area is 391 Å². The molecule has 0 saturated carbocycles. The number of carbonyl (C=O) groups excluding carboxylic acids is 7. The van der Waals surface area contributed by atoms with Gasteiger partial charge in [0.05, 0.1) is 33.7 Å². The number of aliphatic hydroxyl groups is 2. The van der Waals surface area contributed by atoms with Crippen LogP contribution in [-0.4, -0.2) is 156 Å². The molecule has 0 aromatic heterocycles. The summed E-state index contributed by atoms with van der Waals surface area (Å²) in [5, 5.41) is 141. The summed E-state index contributed by atoms with van der Waals surface area (Å²) < 4.78 is 39.7. The molecular formula is C44H32O27. The van der Waals surface area contributed by atoms with Gasteiger partial charge in [-0.3, -0.25) is 9.59 Å². The minimum atomic E-state index is -3.56. The summed E-state index contributed by atoms with van der Waals surface area (Å²) in [7, 11) is 0. The number of ether oxygens (including phenoxy) is 7. The average Bonchev–Trinajstić information content (AvgIpc) is 3.63. The van der Waals surface area contributed by atoms with Gasteiger partial charge >= 0.3 is 29.8 Å². The van der Waals surface area contributed by atoms with E-state index in [1.165, 1.54) is 0 Å². The predicted octanol–water partition coefficient (Wildman–Crippen LogP) is -0.0722. The molecule has 0 unspecified atom stereocenters. The predicted molar refractivity (Wildman–Crippen MR) is 217 cm³/mol. The van der Waals surface area contributed by atoms with Crippen molar-refractivity contribution in [1.82, 2.24) is 0 Å². The van der Waals surface area contributed by atoms with E-state index in [0.717, 1.165) is 6.92 Å². The number of fused-ring (bicyclic) bond motifs is 9. The highest BCUT2D eigenvalue weighted by atomic mass is 16.7. The number of phenolic OH excluding ortho intramolecular Hbond substituents is 11. The molecule has 71 heavy (non-hydrogen) atoms. The molecule has 4 aliphatic heterocycles. The van der Waals surface area contributed by atoms with E-state index in [2.05, 4.69) is 0 Å². The molecule has 0 radical (unpaired) electrons. The van der Waals surface area contributed by atoms with Crippen molar-refractivity contribution in [1.29, 1.82) is 0 Å². The van der Waals surface area contributed by atoms with Crippen molar-refractivity contribution in [3.8, 4) is 80.1 Å². The zero-order chi connectivity index (χ0) is 51.7. The molecule has 5 aliphatic rings. The van der Waals surface area contributed by atoms with Crippen molar-refractivity contribution in [3.05, 3.63) is 69.8 Å². The highest BCUT2D eigenvalue weighted by molar-refractivity contribution is 6.11. The van der Waals surface area contributed by atoms with Crippen molar-refractivity contribution < 1.29 is 133 Å². The minimum Gasteiger partial charge on any atom is -0.504 e. The highest BCUT2D eigenvalue weighted by Crippen LogP contribution is 2.61. The zero-order valence-electron chi connectivity index (χ0n) is 35.4. The lowest BCUT2D eigenvalue weighted by Gasteiger charge is -2.45. The van der Waals surface area contributed by atoms with Crippen LogP contribution < -0.4 is 4.74 Å². The number of rotatable bonds is 4. The minimum absolute atomic E-state index is 0.338. The Balaban J connectivity index is 1.29. The second kappa shape index (κ2) is 15.9. The van der Waals surface area contributed by atoms with Crippen LogP contribution in [-0.2, 0) is 42.8 Å². The van der Waals surface area contributed by atoms with Gasteiger partial charge in [0.25, 0.3) is 5.79 Å². The van der Waals surface area contributed by atoms with Gasteiger partial charge in [-0.15, -0.1) is 0 Å². The first kappa shape index (κ1) is 46.9. The molecule has 0 amide bonds. The van der Waals surface area contributed by atoms with E-state index in [1.807, 2.05) is 0 Å². The molecule has 27 heteroatoms. The first-order valence-corrected chi connectivity index (χ1v) is 20.2. The van der Waals surface area contributed by atoms with Crippen LogP contribution in [0, 0.1) is 0 Å². The maximum absolute atomic E-state index is 14.8. The molecule has 370 valence electrons. The number of carbonyl (C=O) groups is 7. The third-order valence-corrected chi connectivity index (χ3v) is 12.2. The number of phenols is 11. The molecule has 27 nitrogen and oxygen atoms in total. The van der Waals surface area contributed by atoms with Crippen molar-refractivity contribution in [2.45, 2.75) is 61.4 Å². The summed E-state index contributed by atoms with van der Waals surface area (Å²) in [6, 6.07) is 2.43. The van der Waals surface area contributed by atoms with E-state index in [0.29, 0.717) is 36.4 Å². The first-order chi connectivity index (χ1) is 33.3. The van der Waals surface area contributed by atoms with Crippen LogP contribution in [0.15, 0.2) is 42.0 Å². The van der Waals surface area contributed by atoms with Crippen molar-refractivity contribution in [2.24, 2.45) is 0 Å². The van der Waals surface area contributed by atoms with Crippen LogP contribution in [0.5, 0.6) is 69.0 Å². The standard InChI is InChI=1S/C44H32O27/c1-10(45)8-43(63)22(51)7-15-26-25-14(6-20(50)30(55)34(25)71-44(26,43)64)39(60)67-33-21-9-65-38(59)12-4-18(48)28(53)31(56)23(12)24-13(5-19(49)29(54)32(24)57)40(61)70-42(66-21)36(69-41(15)62)35(33)68-37(58)11-2-16(46)27(52)17(47)3-11/h2-7,21,26,33,35-36,42,46-50,52-57,63-64H,8-9H2,1H3/t21-,26-,33-,35+,36-,42+,43-,44+/m1/s1. The number of hydrogen-bond donors (Lipinski definition) is 13. The van der Waals surface area contributed by atoms with E-state index < -0.39 is 216 Å². The molecule has 1 saturated heterocycles. The molecule has 4 aromatic rings. The Morgan fingerprint density at radius 3 is 1.75 bits per heavy atom. The van der Waals surface area contributed by atoms with Gasteiger partial charge in [-0.2, -0.15) is 0 Å². The van der Waals surface area contributed by atoms with E-state index in [1.54, 1.807) is 0 Å². The smallest absolute Gasteiger partial charge is 0.341 e. The van der Waals surface area contributed by atoms with E-state index in [4.69, 9.17) is 33.2 Å². The molecule has 4 heterocycles. The number of aromatic hydroxyl groups is 11. The second-order valence-corrected chi connectivity index (χ2v) is 16.5. The number of hydrogen-bond acceptors (Lipinski definition) is 27. The first-order valence-electron chi connectivity index (χ1n) is 20.2. The van der Waals surface area contributed by atoms with Crippen molar-refractivity contribution >= 4 is 41.4 Å². The third-order valence-electron chi connectivity index (χ3n) is 12.2. The summed E-state index contributed by atoms with van der Waals surface area (Å²) in [6.45, 7) is -0.407. The maximum Gasteiger partial charge on any atom is 0.341 e. The molecule has 0 spiro atoms. The van der Waals surface area contributed by atoms with Gasteiger partial charge in [-0.25, -0.2) is 24.0 Å². The topological polar surface area (TPSA) is 447 Å². The number of esters is 5. The monoisotopic (exact) mass is 992 g/mol. The van der Waals surface area contributed by atoms with Gasteiger partial charge in [-0.05, 0) is 43.3 Å². The van der Waals surface area contributed by atoms with E-state index in [9.17, 15) is 99.9 Å². The Bertz CT molecular complexity index is 3150. The van der Waals surface area contributed by atoms with Crippen LogP contribution in [0.1, 0.15) is 66.3 Å². The van der Waals surface area contributed by atoms with Gasteiger partial charge < -0.3 is 99.5 Å². The fraction of sp³-hybridized carbons (Fsp3) is 0.250. The Hall–Kier alpha value is -9.21. The quantitative estimate of drug-likeness (QED) is 0.0723. The summed E-state index contributed by atoms with van der Waals surface area (Å²) in [5.74, 6) is -32.4. The lowest BCUT2D eigenvalue weighted by molar-refractivity contribution is -0.287. The molecule has 1 aliphatic carbocycles. The summed E-state index contributed by atoms with van der Waals surface area (Å²) in [6.07, 6.45) is -13.2. The molecule has 9 rings (SSSR count). The Morgan fingerprint density at radius 2 is 1.15 bits per heavy atom. The fourth-order valence-electron chi connectivity index (χ4n) is 8.90. The van der Waals surface area contributed by atoms with Crippen LogP contribution >= 0.6 is 0 Å². The van der Waals surface area contributed by atoms with Crippen molar-refractivity contribution in [2.75, 3.05) is 6.61 Å². The summed E-state index contributed by atoms with van der Waals surface area (Å²) >= 11 is 0. The summed E-state index contributed by atoms with van der Waals surface area (Å²) in [5.41, 5.74) is -11.4. The molecule has 4 bridgehead atoms. The Kier molecular flexibility index (Phi) is 10.5. The largest absolute Gasteiger partial charge is 0.504 e. The average molecular weight is 993 g/mol. The highest BCUT2D eigenvalue weighted by Gasteiger charge is 2.71. The van der Waals surface area contributed by atoms with Gasteiger partial charge in [0, 0.05) is 23.1 Å². The number of benzene rings is 4. The SMILES string of the molecule is CC(=O)C[C@@]1(O)C(=O)C=C2C(=O)O[C@H]3[C@@H]4OC(=O)c5cc(O)c(O)c(O)c5-c5c(cc(O)c(O)c5O)C(=O)OC[C@@H](O4)[C@@H](OC(=O)c4cc(O)c(O)c5c4[C@@H]2[C@]1(O)O5)[C@@H]3OC(=O)c1cc(O)c(O)c(O)c1. The molecule has 1 fully saturated rings. The molecule has 8 atom stereocenters. The van der Waals surface area contributed by atoms with Gasteiger partial charge in [0.2, 0.25) is 29.6 Å². The number of Topliss-reactive ketones (excluding diaryl/α,β-unsaturated/α-hetero) is 1. The van der Waals surface area contributed by atoms with Crippen LogP contribution in [0.2, 0.25) is 0 Å². The maximum atomic E-state index is 14.8. The number of cyclic esters (lactones) is 1. The van der Waals surface area contributed by atoms with Crippen LogP contribution in [0.4, 0.5) is 0 Å².